The minimum absolute atomic E-state index is 0.285. The second kappa shape index (κ2) is 6.32. The molecule has 0 radical (unpaired) electrons. The lowest BCUT2D eigenvalue weighted by Gasteiger charge is -2.33. The van der Waals surface area contributed by atoms with E-state index in [1.165, 1.54) is 49.2 Å². The van der Waals surface area contributed by atoms with Gasteiger partial charge in [-0.05, 0) is 50.3 Å². The molecule has 0 aliphatic carbocycles. The van der Waals surface area contributed by atoms with E-state index >= 15 is 0 Å². The van der Waals surface area contributed by atoms with Gasteiger partial charge in [0, 0.05) is 30.9 Å². The molecule has 5 heteroatoms. The molecule has 2 fully saturated rings. The summed E-state index contributed by atoms with van der Waals surface area (Å²) in [4.78, 5) is 2.41. The molecule has 2 aliphatic rings. The molecule has 3 heterocycles. The van der Waals surface area contributed by atoms with Gasteiger partial charge in [-0.25, -0.2) is 4.68 Å². The van der Waals surface area contributed by atoms with E-state index in [1.807, 2.05) is 10.9 Å². The third-order valence-electron chi connectivity index (χ3n) is 4.91. The van der Waals surface area contributed by atoms with E-state index in [2.05, 4.69) is 40.3 Å². The second-order valence-corrected chi connectivity index (χ2v) is 6.65. The number of hydrogen-bond acceptors (Lipinski definition) is 4. The summed E-state index contributed by atoms with van der Waals surface area (Å²) >= 11 is 0. The highest BCUT2D eigenvalue weighted by Crippen LogP contribution is 2.28. The smallest absolute Gasteiger partial charge is 0.113 e. The first-order valence-corrected chi connectivity index (χ1v) is 8.67. The summed E-state index contributed by atoms with van der Waals surface area (Å²) in [5.74, 6) is 0. The van der Waals surface area contributed by atoms with Crippen molar-refractivity contribution in [1.29, 1.82) is 0 Å². The van der Waals surface area contributed by atoms with Crippen LogP contribution in [0, 0.1) is 6.92 Å². The molecule has 1 atom stereocenters. The number of aryl methyl sites for hydroxylation is 1. The highest BCUT2D eigenvalue weighted by molar-refractivity contribution is 5.67. The summed E-state index contributed by atoms with van der Waals surface area (Å²) in [5.41, 5.74) is 4.70. The van der Waals surface area contributed by atoms with Gasteiger partial charge in [0.25, 0.3) is 0 Å². The fourth-order valence-electron chi connectivity index (χ4n) is 3.38. The Morgan fingerprint density at radius 2 is 2.13 bits per heavy atom. The van der Waals surface area contributed by atoms with Crippen LogP contribution in [0.4, 0.5) is 5.69 Å². The van der Waals surface area contributed by atoms with E-state index in [-0.39, 0.29) is 6.10 Å². The van der Waals surface area contributed by atoms with Gasteiger partial charge >= 0.3 is 0 Å². The number of rotatable bonds is 4. The normalized spacial score (nSPS) is 21.3. The first-order chi connectivity index (χ1) is 11.3. The zero-order valence-corrected chi connectivity index (χ0v) is 13.7. The maximum absolute atomic E-state index is 5.79. The molecule has 2 saturated heterocycles. The molecule has 0 unspecified atom stereocenters. The lowest BCUT2D eigenvalue weighted by molar-refractivity contribution is 0.00370. The van der Waals surface area contributed by atoms with Crippen LogP contribution < -0.4 is 4.90 Å². The van der Waals surface area contributed by atoms with Crippen LogP contribution in [0.2, 0.25) is 0 Å². The molecule has 0 bridgehead atoms. The standard InChI is InChI=1S/C18H24N4O/c1-14-11-15(21-8-4-9-21)6-7-17(14)18-13-22(20-19-18)12-16-5-2-3-10-23-16/h6-7,11,13,16H,2-5,8-10,12H2,1H3/t16-/m1/s1. The van der Waals surface area contributed by atoms with Gasteiger partial charge in [0.15, 0.2) is 0 Å². The van der Waals surface area contributed by atoms with E-state index in [0.29, 0.717) is 0 Å². The van der Waals surface area contributed by atoms with Crippen molar-refractivity contribution in [3.8, 4) is 11.3 Å². The van der Waals surface area contributed by atoms with E-state index in [9.17, 15) is 0 Å². The van der Waals surface area contributed by atoms with Gasteiger partial charge in [-0.3, -0.25) is 0 Å². The van der Waals surface area contributed by atoms with Crippen molar-refractivity contribution in [2.45, 2.75) is 45.3 Å². The fraction of sp³-hybridized carbons (Fsp3) is 0.556. The molecular formula is C18H24N4O. The SMILES string of the molecule is Cc1cc(N2CCC2)ccc1-c1cn(C[C@H]2CCCCO2)nn1. The first-order valence-electron chi connectivity index (χ1n) is 8.67. The number of nitrogens with zero attached hydrogens (tertiary/aromatic N) is 4. The van der Waals surface area contributed by atoms with E-state index in [1.54, 1.807) is 0 Å². The summed E-state index contributed by atoms with van der Waals surface area (Å²) < 4.78 is 7.71. The van der Waals surface area contributed by atoms with Gasteiger partial charge in [-0.2, -0.15) is 0 Å². The van der Waals surface area contributed by atoms with Gasteiger partial charge < -0.3 is 9.64 Å². The number of anilines is 1. The Morgan fingerprint density at radius 1 is 1.22 bits per heavy atom. The third kappa shape index (κ3) is 3.11. The van der Waals surface area contributed by atoms with Crippen molar-refractivity contribution in [2.24, 2.45) is 0 Å². The van der Waals surface area contributed by atoms with Crippen LogP contribution in [0.25, 0.3) is 11.3 Å². The van der Waals surface area contributed by atoms with Crippen LogP contribution in [0.1, 0.15) is 31.2 Å². The van der Waals surface area contributed by atoms with Gasteiger partial charge in [0.05, 0.1) is 18.8 Å². The largest absolute Gasteiger partial charge is 0.376 e. The Bertz CT molecular complexity index is 671. The predicted molar refractivity (Wildman–Crippen MR) is 90.6 cm³/mol. The molecule has 0 N–H and O–H groups in total. The summed E-state index contributed by atoms with van der Waals surface area (Å²) in [6.45, 7) is 6.19. The van der Waals surface area contributed by atoms with Gasteiger partial charge in [0.2, 0.25) is 0 Å². The van der Waals surface area contributed by atoms with E-state index in [4.69, 9.17) is 4.74 Å². The maximum Gasteiger partial charge on any atom is 0.113 e. The lowest BCUT2D eigenvalue weighted by atomic mass is 10.0. The fourth-order valence-corrected chi connectivity index (χ4v) is 3.38. The zero-order valence-electron chi connectivity index (χ0n) is 13.7. The quantitative estimate of drug-likeness (QED) is 0.870. The highest BCUT2D eigenvalue weighted by atomic mass is 16.5. The Kier molecular flexibility index (Phi) is 4.04. The molecule has 0 amide bonds. The van der Waals surface area contributed by atoms with Gasteiger partial charge in [-0.15, -0.1) is 5.10 Å². The lowest BCUT2D eigenvalue weighted by Crippen LogP contribution is -2.36. The zero-order chi connectivity index (χ0) is 15.6. The summed E-state index contributed by atoms with van der Waals surface area (Å²) in [7, 11) is 0. The Hall–Kier alpha value is -1.88. The van der Waals surface area contributed by atoms with E-state index < -0.39 is 0 Å². The van der Waals surface area contributed by atoms with Crippen molar-refractivity contribution < 1.29 is 4.74 Å². The number of ether oxygens (including phenoxy) is 1. The predicted octanol–water partition coefficient (Wildman–Crippen LogP) is 3.03. The topological polar surface area (TPSA) is 43.2 Å². The molecule has 2 aromatic rings. The molecule has 1 aromatic carbocycles. The second-order valence-electron chi connectivity index (χ2n) is 6.65. The monoisotopic (exact) mass is 312 g/mol. The van der Waals surface area contributed by atoms with Gasteiger partial charge in [0.1, 0.15) is 5.69 Å². The average Bonchev–Trinajstić information content (AvgIpc) is 2.95. The van der Waals surface area contributed by atoms with Crippen molar-refractivity contribution >= 4 is 5.69 Å². The molecule has 2 aliphatic heterocycles. The van der Waals surface area contributed by atoms with Crippen molar-refractivity contribution in [3.63, 3.8) is 0 Å². The van der Waals surface area contributed by atoms with Crippen molar-refractivity contribution in [2.75, 3.05) is 24.6 Å². The third-order valence-corrected chi connectivity index (χ3v) is 4.91. The van der Waals surface area contributed by atoms with E-state index in [0.717, 1.165) is 25.3 Å². The van der Waals surface area contributed by atoms with Crippen molar-refractivity contribution in [1.82, 2.24) is 15.0 Å². The minimum Gasteiger partial charge on any atom is -0.376 e. The van der Waals surface area contributed by atoms with Crippen molar-refractivity contribution in [3.05, 3.63) is 30.0 Å². The molecule has 4 rings (SSSR count). The highest BCUT2D eigenvalue weighted by Gasteiger charge is 2.17. The Balaban J connectivity index is 1.49. The Morgan fingerprint density at radius 3 is 2.83 bits per heavy atom. The van der Waals surface area contributed by atoms with Crippen LogP contribution in [0.5, 0.6) is 0 Å². The number of aromatic nitrogens is 3. The van der Waals surface area contributed by atoms with Crippen LogP contribution in [-0.2, 0) is 11.3 Å². The molecule has 1 aromatic heterocycles. The Labute approximate surface area is 137 Å². The summed E-state index contributed by atoms with van der Waals surface area (Å²) in [5, 5.41) is 8.65. The van der Waals surface area contributed by atoms with Crippen LogP contribution >= 0.6 is 0 Å². The molecular weight excluding hydrogens is 288 g/mol. The maximum atomic E-state index is 5.79. The van der Waals surface area contributed by atoms with Crippen LogP contribution in [0.15, 0.2) is 24.4 Å². The average molecular weight is 312 g/mol. The molecule has 23 heavy (non-hydrogen) atoms. The number of benzene rings is 1. The summed E-state index contributed by atoms with van der Waals surface area (Å²) in [6.07, 6.45) is 7.19. The number of hydrogen-bond donors (Lipinski definition) is 0. The molecule has 0 spiro atoms. The van der Waals surface area contributed by atoms with Crippen LogP contribution in [0.3, 0.4) is 0 Å². The van der Waals surface area contributed by atoms with Crippen LogP contribution in [-0.4, -0.2) is 40.8 Å². The summed E-state index contributed by atoms with van der Waals surface area (Å²) in [6, 6.07) is 6.64. The molecule has 0 saturated carbocycles. The minimum atomic E-state index is 0.285. The molecule has 122 valence electrons. The molecule has 5 nitrogen and oxygen atoms in total. The first kappa shape index (κ1) is 14.7. The van der Waals surface area contributed by atoms with Gasteiger partial charge in [-0.1, -0.05) is 11.3 Å².